The number of hydroxylamine groups is 2. The molecule has 7 rings (SSSR count). The number of hydrogen-bond donors (Lipinski definition) is 5. The highest BCUT2D eigenvalue weighted by molar-refractivity contribution is 5.83. The molecule has 0 aromatic heterocycles. The second-order valence-electron chi connectivity index (χ2n) is 20.5. The predicted octanol–water partition coefficient (Wildman–Crippen LogP) is 3.45. The molecular formula is C44H79FN6O6. The molecule has 2 saturated heterocycles. The summed E-state index contributed by atoms with van der Waals surface area (Å²) in [5.74, 6) is 0.0230. The third-order valence-electron chi connectivity index (χ3n) is 16.1. The molecule has 5 N–H and O–H groups in total. The van der Waals surface area contributed by atoms with Crippen molar-refractivity contribution in [2.24, 2.45) is 52.8 Å². The SMILES string of the molecule is COC1C(CN2O[C@@H](CO)[C@@H]([C@H](C)O)[C@H]2C(=O)N[C@H]2C[C@H]3C[C@@H]([C@@H]2C)C3(C)C)C(F)CCC1C1CC(C(=O)N[C@@H](CC2CCCCN2)CN(C)C)CC(N(C)C)C1. The number of fused-ring (bicyclic) bond motifs is 2. The van der Waals surface area contributed by atoms with E-state index in [4.69, 9.17) is 9.57 Å². The van der Waals surface area contributed by atoms with Gasteiger partial charge in [-0.25, -0.2) is 4.39 Å². The van der Waals surface area contributed by atoms with E-state index in [-0.39, 0.29) is 66.3 Å². The van der Waals surface area contributed by atoms with Crippen molar-refractivity contribution < 1.29 is 33.8 Å². The first kappa shape index (κ1) is 45.1. The molecule has 2 heterocycles. The van der Waals surface area contributed by atoms with E-state index in [0.717, 1.165) is 51.6 Å². The predicted molar refractivity (Wildman–Crippen MR) is 220 cm³/mol. The van der Waals surface area contributed by atoms with Gasteiger partial charge in [0.15, 0.2) is 0 Å². The number of methoxy groups -OCH3 is 1. The molecule has 2 amide bonds. The van der Waals surface area contributed by atoms with Crippen LogP contribution in [0.25, 0.3) is 0 Å². The molecule has 2 aliphatic heterocycles. The molecule has 5 aliphatic carbocycles. The second kappa shape index (κ2) is 19.1. The number of hydrogen-bond acceptors (Lipinski definition) is 10. The van der Waals surface area contributed by atoms with Crippen molar-refractivity contribution in [1.82, 2.24) is 30.8 Å². The van der Waals surface area contributed by atoms with Crippen LogP contribution in [-0.2, 0) is 19.2 Å². The maximum atomic E-state index is 16.4. The van der Waals surface area contributed by atoms with E-state index in [1.807, 2.05) is 0 Å². The Kier molecular flexibility index (Phi) is 15.1. The van der Waals surface area contributed by atoms with Crippen LogP contribution in [0.15, 0.2) is 0 Å². The van der Waals surface area contributed by atoms with E-state index in [1.54, 1.807) is 19.1 Å². The number of rotatable bonds is 15. The highest BCUT2D eigenvalue weighted by Gasteiger charge is 2.58. The van der Waals surface area contributed by atoms with E-state index in [2.05, 4.69) is 74.7 Å². The Balaban J connectivity index is 1.18. The maximum Gasteiger partial charge on any atom is 0.240 e. The fourth-order valence-electron chi connectivity index (χ4n) is 12.8. The number of carbonyl (C=O) groups is 2. The smallest absolute Gasteiger partial charge is 0.240 e. The van der Waals surface area contributed by atoms with E-state index in [1.165, 1.54) is 19.3 Å². The van der Waals surface area contributed by atoms with Crippen LogP contribution >= 0.6 is 0 Å². The zero-order chi connectivity index (χ0) is 41.3. The van der Waals surface area contributed by atoms with Gasteiger partial charge in [-0.2, -0.15) is 5.06 Å². The maximum absolute atomic E-state index is 16.4. The minimum Gasteiger partial charge on any atom is -0.394 e. The summed E-state index contributed by atoms with van der Waals surface area (Å²) in [6, 6.07) is -0.198. The number of aliphatic hydroxyl groups excluding tert-OH is 2. The van der Waals surface area contributed by atoms with Crippen molar-refractivity contribution in [3.05, 3.63) is 0 Å². The number of aliphatic hydroxyl groups is 2. The lowest BCUT2D eigenvalue weighted by molar-refractivity contribution is -0.199. The highest BCUT2D eigenvalue weighted by atomic mass is 19.1. The molecule has 57 heavy (non-hydrogen) atoms. The average molecular weight is 807 g/mol. The van der Waals surface area contributed by atoms with Crippen molar-refractivity contribution in [2.75, 3.05) is 61.5 Å². The molecule has 0 radical (unpaired) electrons. The van der Waals surface area contributed by atoms with Crippen molar-refractivity contribution in [1.29, 1.82) is 0 Å². The van der Waals surface area contributed by atoms with Gasteiger partial charge >= 0.3 is 0 Å². The van der Waals surface area contributed by atoms with Gasteiger partial charge in [-0.3, -0.25) is 14.4 Å². The molecule has 0 aromatic carbocycles. The molecule has 7 aliphatic rings. The average Bonchev–Trinajstić information content (AvgIpc) is 3.54. The van der Waals surface area contributed by atoms with Gasteiger partial charge in [0.05, 0.1) is 18.8 Å². The van der Waals surface area contributed by atoms with Gasteiger partial charge in [0.1, 0.15) is 18.3 Å². The number of carbonyl (C=O) groups excluding carboxylic acids is 2. The van der Waals surface area contributed by atoms with E-state index >= 15 is 4.39 Å². The number of amides is 2. The number of alkyl halides is 1. The first-order valence-electron chi connectivity index (χ1n) is 22.6. The summed E-state index contributed by atoms with van der Waals surface area (Å²) in [4.78, 5) is 39.3. The van der Waals surface area contributed by atoms with Crippen LogP contribution in [0.4, 0.5) is 4.39 Å². The van der Waals surface area contributed by atoms with E-state index in [9.17, 15) is 19.8 Å². The number of piperidine rings is 1. The fraction of sp³-hybridized carbons (Fsp3) is 0.955. The van der Waals surface area contributed by atoms with Gasteiger partial charge in [0.2, 0.25) is 11.8 Å². The Morgan fingerprint density at radius 3 is 2.40 bits per heavy atom. The zero-order valence-electron chi connectivity index (χ0n) is 36.7. The van der Waals surface area contributed by atoms with Crippen LogP contribution < -0.4 is 16.0 Å². The quantitative estimate of drug-likeness (QED) is 0.167. The Morgan fingerprint density at radius 1 is 1.05 bits per heavy atom. The van der Waals surface area contributed by atoms with Crippen molar-refractivity contribution in [2.45, 2.75) is 153 Å². The van der Waals surface area contributed by atoms with Crippen LogP contribution in [-0.4, -0.2) is 153 Å². The van der Waals surface area contributed by atoms with Crippen molar-refractivity contribution in [3.63, 3.8) is 0 Å². The minimum absolute atomic E-state index is 0.0156. The summed E-state index contributed by atoms with van der Waals surface area (Å²) in [5, 5.41) is 33.5. The number of ether oxygens (including phenoxy) is 1. The summed E-state index contributed by atoms with van der Waals surface area (Å²) < 4.78 is 22.7. The minimum atomic E-state index is -1.18. The molecule has 0 aromatic rings. The second-order valence-corrected chi connectivity index (χ2v) is 20.5. The standard InChI is InChI=1S/C44H79FN6O6/c1-25-35-19-29(44(35,3)4)20-37(25)48-43(55)40-39(26(2)53)38(24-52)57-51(40)23-34-36(45)14-13-33(41(34)56-9)27-16-28(18-32(17-27)50(7)8)42(54)47-31(22-49(5)6)21-30-12-10-11-15-46-30/h25-41,46,52-53H,10-24H2,1-9H3,(H,47,54)(H,48,55)/t25-,26-,27?,28?,29+,30?,31-,32?,33?,34?,35-,36?,37-,38-,39+,40-,41?/m0/s1. The topological polar surface area (TPSA) is 139 Å². The number of halogens is 1. The lowest BCUT2D eigenvalue weighted by Crippen LogP contribution is -2.62. The molecule has 7 fully saturated rings. The molecule has 0 spiro atoms. The van der Waals surface area contributed by atoms with Crippen LogP contribution in [0.1, 0.15) is 98.3 Å². The Bertz CT molecular complexity index is 1330. The van der Waals surface area contributed by atoms with Crippen LogP contribution in [0.5, 0.6) is 0 Å². The van der Waals surface area contributed by atoms with Gasteiger partial charge in [-0.05, 0) is 141 Å². The van der Waals surface area contributed by atoms with E-state index < -0.39 is 42.4 Å². The molecule has 13 heteroatoms. The summed E-state index contributed by atoms with van der Waals surface area (Å²) in [6.45, 7) is 10.1. The molecular weight excluding hydrogens is 728 g/mol. The zero-order valence-corrected chi connectivity index (χ0v) is 36.7. The fourth-order valence-corrected chi connectivity index (χ4v) is 12.8. The summed E-state index contributed by atoms with van der Waals surface area (Å²) in [6.07, 6.45) is 6.64. The Morgan fingerprint density at radius 2 is 1.81 bits per heavy atom. The molecule has 2 bridgehead atoms. The number of nitrogens with one attached hydrogen (secondary N) is 3. The molecule has 5 saturated carbocycles. The normalized spacial score (nSPS) is 42.0. The van der Waals surface area contributed by atoms with Gasteiger partial charge < -0.3 is 40.7 Å². The lowest BCUT2D eigenvalue weighted by atomic mass is 9.45. The number of likely N-dealkylation sites (N-methyl/N-ethyl adjacent to an activating group) is 1. The summed E-state index contributed by atoms with van der Waals surface area (Å²) in [7, 11) is 9.96. The van der Waals surface area contributed by atoms with E-state index in [0.29, 0.717) is 36.6 Å². The summed E-state index contributed by atoms with van der Waals surface area (Å²) >= 11 is 0. The highest BCUT2D eigenvalue weighted by Crippen LogP contribution is 2.61. The molecule has 8 unspecified atom stereocenters. The van der Waals surface area contributed by atoms with Crippen LogP contribution in [0.3, 0.4) is 0 Å². The number of nitrogens with zero attached hydrogens (tertiary/aromatic N) is 3. The Labute approximate surface area is 343 Å². The van der Waals surface area contributed by atoms with Crippen LogP contribution in [0.2, 0.25) is 0 Å². The van der Waals surface area contributed by atoms with Gasteiger partial charge in [0, 0.05) is 62.1 Å². The Hall–Kier alpha value is -1.45. The first-order valence-corrected chi connectivity index (χ1v) is 22.6. The van der Waals surface area contributed by atoms with Crippen molar-refractivity contribution in [3.8, 4) is 0 Å². The first-order chi connectivity index (χ1) is 27.0. The van der Waals surface area contributed by atoms with Crippen molar-refractivity contribution >= 4 is 11.8 Å². The third-order valence-corrected chi connectivity index (χ3v) is 16.1. The lowest BCUT2D eigenvalue weighted by Gasteiger charge is -2.62. The van der Waals surface area contributed by atoms with Gasteiger partial charge in [-0.1, -0.05) is 27.2 Å². The molecule has 12 nitrogen and oxygen atoms in total. The largest absolute Gasteiger partial charge is 0.394 e. The van der Waals surface area contributed by atoms with Crippen LogP contribution in [0, 0.1) is 52.8 Å². The summed E-state index contributed by atoms with van der Waals surface area (Å²) in [5.41, 5.74) is 0.269. The molecule has 328 valence electrons. The van der Waals surface area contributed by atoms with Gasteiger partial charge in [-0.15, -0.1) is 0 Å². The monoisotopic (exact) mass is 807 g/mol. The van der Waals surface area contributed by atoms with Gasteiger partial charge in [0.25, 0.3) is 0 Å². The third kappa shape index (κ3) is 9.87. The molecule has 17 atom stereocenters.